The Morgan fingerprint density at radius 1 is 1.26 bits per heavy atom. The molecule has 5 nitrogen and oxygen atoms in total. The lowest BCUT2D eigenvalue weighted by atomic mass is 9.87. The van der Waals surface area contributed by atoms with Crippen molar-refractivity contribution in [3.05, 3.63) is 29.8 Å². The number of likely N-dealkylation sites (tertiary alicyclic amines) is 1. The third kappa shape index (κ3) is 5.06. The molecule has 0 aromatic heterocycles. The summed E-state index contributed by atoms with van der Waals surface area (Å²) in [6.45, 7) is 8.18. The highest BCUT2D eigenvalue weighted by Crippen LogP contribution is 2.23. The fourth-order valence-corrected chi connectivity index (χ4v) is 2.89. The fourth-order valence-electron chi connectivity index (χ4n) is 2.89. The third-order valence-corrected chi connectivity index (χ3v) is 4.31. The number of hydrogen-bond acceptors (Lipinski definition) is 3. The van der Waals surface area contributed by atoms with Gasteiger partial charge in [-0.2, -0.15) is 0 Å². The van der Waals surface area contributed by atoms with Gasteiger partial charge < -0.3 is 11.1 Å². The molecule has 0 spiro atoms. The van der Waals surface area contributed by atoms with Crippen LogP contribution in [0.3, 0.4) is 0 Å². The van der Waals surface area contributed by atoms with Crippen LogP contribution in [0.5, 0.6) is 0 Å². The molecule has 1 aliphatic heterocycles. The van der Waals surface area contributed by atoms with Crippen molar-refractivity contribution in [2.75, 3.05) is 25.0 Å². The lowest BCUT2D eigenvalue weighted by Gasteiger charge is -2.30. The Morgan fingerprint density at radius 2 is 1.91 bits per heavy atom. The molecule has 0 unspecified atom stereocenters. The van der Waals surface area contributed by atoms with Gasteiger partial charge in [-0.25, -0.2) is 0 Å². The Kier molecular flexibility index (Phi) is 5.42. The van der Waals surface area contributed by atoms with Crippen molar-refractivity contribution >= 4 is 17.5 Å². The van der Waals surface area contributed by atoms with Gasteiger partial charge in [0.2, 0.25) is 11.8 Å². The molecule has 1 aromatic rings. The molecule has 23 heavy (non-hydrogen) atoms. The summed E-state index contributed by atoms with van der Waals surface area (Å²) in [7, 11) is 0. The highest BCUT2D eigenvalue weighted by Gasteiger charge is 2.25. The summed E-state index contributed by atoms with van der Waals surface area (Å²) in [5.74, 6) is -0.464. The minimum absolute atomic E-state index is 0.0568. The summed E-state index contributed by atoms with van der Waals surface area (Å²) in [4.78, 5) is 25.5. The summed E-state index contributed by atoms with van der Waals surface area (Å²) in [5, 5.41) is 2.92. The number of benzene rings is 1. The van der Waals surface area contributed by atoms with E-state index in [9.17, 15) is 9.59 Å². The molecule has 3 N–H and O–H groups in total. The number of nitrogens with zero attached hydrogens (tertiary/aromatic N) is 1. The first-order chi connectivity index (χ1) is 10.8. The molecule has 2 amide bonds. The summed E-state index contributed by atoms with van der Waals surface area (Å²) in [6, 6.07) is 7.95. The van der Waals surface area contributed by atoms with E-state index < -0.39 is 0 Å². The van der Waals surface area contributed by atoms with Crippen molar-refractivity contribution in [3.63, 3.8) is 0 Å². The first-order valence-electron chi connectivity index (χ1n) is 8.18. The van der Waals surface area contributed by atoms with Crippen LogP contribution in [0.25, 0.3) is 0 Å². The van der Waals surface area contributed by atoms with Crippen LogP contribution in [0.1, 0.15) is 39.2 Å². The predicted molar refractivity (Wildman–Crippen MR) is 92.1 cm³/mol. The van der Waals surface area contributed by atoms with Gasteiger partial charge >= 0.3 is 0 Å². The van der Waals surface area contributed by atoms with Crippen molar-refractivity contribution in [2.24, 2.45) is 11.7 Å². The van der Waals surface area contributed by atoms with Gasteiger partial charge in [-0.3, -0.25) is 14.5 Å². The molecule has 1 aromatic carbocycles. The number of anilines is 1. The van der Waals surface area contributed by atoms with E-state index in [4.69, 9.17) is 5.73 Å². The molecule has 5 heteroatoms. The number of hydrogen-bond donors (Lipinski definition) is 2. The van der Waals surface area contributed by atoms with Crippen molar-refractivity contribution in [2.45, 2.75) is 39.0 Å². The zero-order valence-electron chi connectivity index (χ0n) is 14.3. The van der Waals surface area contributed by atoms with Crippen LogP contribution in [0.4, 0.5) is 5.69 Å². The van der Waals surface area contributed by atoms with Gasteiger partial charge in [0.05, 0.1) is 12.5 Å². The number of nitrogens with two attached hydrogens (primary N) is 1. The number of piperidine rings is 1. The molecule has 1 saturated heterocycles. The van der Waals surface area contributed by atoms with Crippen LogP contribution in [0.2, 0.25) is 0 Å². The van der Waals surface area contributed by atoms with Gasteiger partial charge in [0, 0.05) is 12.2 Å². The number of rotatable bonds is 4. The van der Waals surface area contributed by atoms with Crippen LogP contribution in [-0.2, 0) is 15.0 Å². The van der Waals surface area contributed by atoms with Gasteiger partial charge in [-0.05, 0) is 42.5 Å². The molecule has 126 valence electrons. The number of carbonyl (C=O) groups excluding carboxylic acids is 2. The maximum Gasteiger partial charge on any atom is 0.238 e. The van der Waals surface area contributed by atoms with Crippen LogP contribution in [0.15, 0.2) is 24.3 Å². The number of carbonyl (C=O) groups is 2. The Balaban J connectivity index is 1.88. The molecule has 0 aliphatic carbocycles. The van der Waals surface area contributed by atoms with Gasteiger partial charge in [0.25, 0.3) is 0 Å². The monoisotopic (exact) mass is 317 g/mol. The minimum atomic E-state index is -0.270. The van der Waals surface area contributed by atoms with E-state index in [0.717, 1.165) is 25.1 Å². The smallest absolute Gasteiger partial charge is 0.238 e. The molecular formula is C18H27N3O2. The normalized spacial score (nSPS) is 19.3. The van der Waals surface area contributed by atoms with Crippen LogP contribution in [0, 0.1) is 5.92 Å². The Bertz CT molecular complexity index is 561. The minimum Gasteiger partial charge on any atom is -0.369 e. The molecule has 1 atom stereocenters. The molecular weight excluding hydrogens is 290 g/mol. The zero-order chi connectivity index (χ0) is 17.0. The van der Waals surface area contributed by atoms with E-state index in [0.29, 0.717) is 13.1 Å². The quantitative estimate of drug-likeness (QED) is 0.893. The van der Waals surface area contributed by atoms with Crippen LogP contribution >= 0.6 is 0 Å². The summed E-state index contributed by atoms with van der Waals surface area (Å²) in [6.07, 6.45) is 1.73. The molecule has 1 aliphatic rings. The predicted octanol–water partition coefficient (Wildman–Crippen LogP) is 2.12. The standard InChI is InChI=1S/C18H27N3O2/c1-18(2,3)14-6-8-15(9-7-14)20-16(22)12-21-10-4-5-13(11-21)17(19)23/h6-9,13H,4-5,10-12H2,1-3H3,(H2,19,23)(H,20,22)/t13-/m1/s1. The van der Waals surface area contributed by atoms with Crippen molar-refractivity contribution < 1.29 is 9.59 Å². The van der Waals surface area contributed by atoms with Gasteiger partial charge in [0.1, 0.15) is 0 Å². The van der Waals surface area contributed by atoms with Crippen molar-refractivity contribution in [1.82, 2.24) is 4.90 Å². The lowest BCUT2D eigenvalue weighted by molar-refractivity contribution is -0.125. The zero-order valence-corrected chi connectivity index (χ0v) is 14.3. The first kappa shape index (κ1) is 17.5. The maximum absolute atomic E-state index is 12.2. The van der Waals surface area contributed by atoms with E-state index in [-0.39, 0.29) is 23.1 Å². The first-order valence-corrected chi connectivity index (χ1v) is 8.18. The highest BCUT2D eigenvalue weighted by atomic mass is 16.2. The Morgan fingerprint density at radius 3 is 2.48 bits per heavy atom. The molecule has 0 radical (unpaired) electrons. The molecule has 0 bridgehead atoms. The second-order valence-electron chi connectivity index (χ2n) is 7.35. The maximum atomic E-state index is 12.2. The van der Waals surface area contributed by atoms with Crippen molar-refractivity contribution in [1.29, 1.82) is 0 Å². The van der Waals surface area contributed by atoms with E-state index in [2.05, 4.69) is 26.1 Å². The van der Waals surface area contributed by atoms with Crippen LogP contribution in [-0.4, -0.2) is 36.3 Å². The number of amides is 2. The van der Waals surface area contributed by atoms with E-state index in [1.54, 1.807) is 0 Å². The fraction of sp³-hybridized carbons (Fsp3) is 0.556. The second-order valence-corrected chi connectivity index (χ2v) is 7.35. The second kappa shape index (κ2) is 7.13. The molecule has 1 heterocycles. The molecule has 2 rings (SSSR count). The summed E-state index contributed by atoms with van der Waals surface area (Å²) >= 11 is 0. The summed E-state index contributed by atoms with van der Waals surface area (Å²) < 4.78 is 0. The summed E-state index contributed by atoms with van der Waals surface area (Å²) in [5.41, 5.74) is 7.49. The lowest BCUT2D eigenvalue weighted by Crippen LogP contribution is -2.44. The average molecular weight is 317 g/mol. The molecule has 1 fully saturated rings. The van der Waals surface area contributed by atoms with E-state index >= 15 is 0 Å². The van der Waals surface area contributed by atoms with Gasteiger partial charge in [-0.15, -0.1) is 0 Å². The largest absolute Gasteiger partial charge is 0.369 e. The third-order valence-electron chi connectivity index (χ3n) is 4.31. The van der Waals surface area contributed by atoms with Gasteiger partial charge in [-0.1, -0.05) is 32.9 Å². The van der Waals surface area contributed by atoms with Crippen molar-refractivity contribution in [3.8, 4) is 0 Å². The Hall–Kier alpha value is -1.88. The molecule has 0 saturated carbocycles. The Labute approximate surface area is 138 Å². The number of primary amides is 1. The van der Waals surface area contributed by atoms with Gasteiger partial charge in [0.15, 0.2) is 0 Å². The highest BCUT2D eigenvalue weighted by molar-refractivity contribution is 5.92. The topological polar surface area (TPSA) is 75.4 Å². The number of nitrogens with one attached hydrogen (secondary N) is 1. The SMILES string of the molecule is CC(C)(C)c1ccc(NC(=O)CN2CCC[C@@H](C(N)=O)C2)cc1. The van der Waals surface area contributed by atoms with E-state index in [1.165, 1.54) is 5.56 Å². The average Bonchev–Trinajstić information content (AvgIpc) is 2.47. The van der Waals surface area contributed by atoms with Crippen LogP contribution < -0.4 is 11.1 Å². The van der Waals surface area contributed by atoms with E-state index in [1.807, 2.05) is 29.2 Å².